The molecule has 0 atom stereocenters. The number of nitrogens with zero attached hydrogens (tertiary/aromatic N) is 3. The lowest BCUT2D eigenvalue weighted by Gasteiger charge is -2.29. The van der Waals surface area contributed by atoms with Crippen molar-refractivity contribution in [3.63, 3.8) is 0 Å². The Morgan fingerprint density at radius 1 is 0.953 bits per heavy atom. The van der Waals surface area contributed by atoms with Gasteiger partial charge in [-0.3, -0.25) is 13.9 Å². The van der Waals surface area contributed by atoms with Crippen LogP contribution >= 0.6 is 12.2 Å². The van der Waals surface area contributed by atoms with Crippen molar-refractivity contribution in [2.24, 2.45) is 0 Å². The third-order valence-corrected chi connectivity index (χ3v) is 8.50. The average Bonchev–Trinajstić information content (AvgIpc) is 3.13. The van der Waals surface area contributed by atoms with Crippen LogP contribution in [0, 0.1) is 18.3 Å². The third kappa shape index (κ3) is 6.82. The predicted octanol–water partition coefficient (Wildman–Crippen LogP) is 6.37. The molecule has 0 bridgehead atoms. The number of carbonyl (C=O) groups excluding carboxylic acids is 1. The highest BCUT2D eigenvalue weighted by atomic mass is 32.2. The minimum Gasteiger partial charge on any atom is -0.494 e. The molecule has 0 N–H and O–H groups in total. The van der Waals surface area contributed by atoms with Gasteiger partial charge < -0.3 is 9.64 Å². The highest BCUT2D eigenvalue weighted by Gasteiger charge is 2.50. The Bertz CT molecular complexity index is 1670. The van der Waals surface area contributed by atoms with E-state index in [1.54, 1.807) is 55.1 Å². The highest BCUT2D eigenvalue weighted by Crippen LogP contribution is 2.40. The summed E-state index contributed by atoms with van der Waals surface area (Å²) in [5.74, 6) is -0.00719. The van der Waals surface area contributed by atoms with Gasteiger partial charge in [-0.15, -0.1) is 0 Å². The summed E-state index contributed by atoms with van der Waals surface area (Å²) in [5.41, 5.74) is -1.55. The molecule has 1 amide bonds. The first kappa shape index (κ1) is 31.9. The van der Waals surface area contributed by atoms with E-state index in [1.165, 1.54) is 24.3 Å². The average molecular weight is 632 g/mol. The molecule has 8 nitrogen and oxygen atoms in total. The van der Waals surface area contributed by atoms with Crippen molar-refractivity contribution in [1.29, 1.82) is 5.26 Å². The molecule has 1 saturated heterocycles. The molecular formula is C30H28F3N3O5S2. The number of unbranched alkanes of at least 4 members (excludes halogenated alkanes) is 1. The molecule has 226 valence electrons. The number of thiocarbonyl (C=S) groups is 1. The summed E-state index contributed by atoms with van der Waals surface area (Å²) in [6, 6.07) is 17.6. The quantitative estimate of drug-likeness (QED) is 0.145. The van der Waals surface area contributed by atoms with Gasteiger partial charge in [-0.25, -0.2) is 0 Å². The molecule has 0 aromatic heterocycles. The minimum absolute atomic E-state index is 0.00816. The van der Waals surface area contributed by atoms with Crippen LogP contribution in [-0.2, 0) is 25.3 Å². The molecule has 0 spiro atoms. The van der Waals surface area contributed by atoms with Gasteiger partial charge in [-0.05, 0) is 100 Å². The number of alkyl halides is 3. The van der Waals surface area contributed by atoms with Crippen LogP contribution in [0.15, 0.2) is 71.6 Å². The molecule has 1 heterocycles. The van der Waals surface area contributed by atoms with Gasteiger partial charge in [0.05, 0.1) is 41.0 Å². The summed E-state index contributed by atoms with van der Waals surface area (Å²) in [7, 11) is -3.83. The Labute approximate surface area is 253 Å². The number of hydrogen-bond donors (Lipinski definition) is 0. The van der Waals surface area contributed by atoms with E-state index in [9.17, 15) is 26.4 Å². The topological polar surface area (TPSA) is 99.9 Å². The van der Waals surface area contributed by atoms with E-state index in [0.717, 1.165) is 22.6 Å². The summed E-state index contributed by atoms with van der Waals surface area (Å²) >= 11 is 5.56. The molecule has 0 radical (unpaired) electrons. The predicted molar refractivity (Wildman–Crippen MR) is 158 cm³/mol. The molecule has 3 aromatic rings. The third-order valence-electron chi connectivity index (χ3n) is 6.81. The fraction of sp³-hybridized carbons (Fsp3) is 0.300. The molecule has 0 saturated carbocycles. The van der Waals surface area contributed by atoms with Crippen molar-refractivity contribution in [3.8, 4) is 11.8 Å². The number of ether oxygens (including phenoxy) is 1. The first-order chi connectivity index (χ1) is 20.2. The smallest absolute Gasteiger partial charge is 0.417 e. The maximum Gasteiger partial charge on any atom is 0.417 e. The van der Waals surface area contributed by atoms with E-state index >= 15 is 0 Å². The molecule has 13 heteroatoms. The summed E-state index contributed by atoms with van der Waals surface area (Å²) < 4.78 is 76.0. The Morgan fingerprint density at radius 3 is 2.16 bits per heavy atom. The number of benzene rings is 3. The van der Waals surface area contributed by atoms with E-state index < -0.39 is 38.9 Å². The first-order valence-electron chi connectivity index (χ1n) is 13.2. The Hall–Kier alpha value is -3.99. The Balaban J connectivity index is 1.37. The van der Waals surface area contributed by atoms with Crippen molar-refractivity contribution in [3.05, 3.63) is 83.4 Å². The zero-order valence-electron chi connectivity index (χ0n) is 23.5. The molecule has 4 rings (SSSR count). The van der Waals surface area contributed by atoms with E-state index in [4.69, 9.17) is 26.4 Å². The Morgan fingerprint density at radius 2 is 1.56 bits per heavy atom. The van der Waals surface area contributed by atoms with Crippen LogP contribution in [0.1, 0.15) is 43.4 Å². The van der Waals surface area contributed by atoms with E-state index in [0.29, 0.717) is 30.9 Å². The number of amides is 1. The van der Waals surface area contributed by atoms with Crippen LogP contribution in [0.5, 0.6) is 5.75 Å². The molecule has 1 fully saturated rings. The van der Waals surface area contributed by atoms with Crippen molar-refractivity contribution in [1.82, 2.24) is 0 Å². The maximum absolute atomic E-state index is 13.6. The van der Waals surface area contributed by atoms with Gasteiger partial charge in [0.1, 0.15) is 11.3 Å². The largest absolute Gasteiger partial charge is 0.494 e. The molecule has 1 aliphatic rings. The second-order valence-electron chi connectivity index (χ2n) is 10.3. The van der Waals surface area contributed by atoms with E-state index in [2.05, 4.69) is 0 Å². The fourth-order valence-corrected chi connectivity index (χ4v) is 5.95. The van der Waals surface area contributed by atoms with Crippen LogP contribution in [0.25, 0.3) is 0 Å². The lowest BCUT2D eigenvalue weighted by molar-refractivity contribution is -0.137. The standard InChI is InChI=1S/C30H28F3N3O5S2/c1-20-6-14-25(15-7-20)43(38,39)41-17-5-4-16-40-24-12-10-22(11-13-24)36-28(42)35(27(37)29(36,2)3)23-9-8-21(19-34)26(18-23)30(31,32)33/h6-15,18H,4-5,16-17H2,1-3H3. The lowest BCUT2D eigenvalue weighted by atomic mass is 10.0. The van der Waals surface area contributed by atoms with E-state index in [1.807, 2.05) is 6.92 Å². The number of halogens is 3. The molecule has 1 aliphatic heterocycles. The van der Waals surface area contributed by atoms with Gasteiger partial charge in [0.2, 0.25) is 0 Å². The normalized spacial score (nSPS) is 15.1. The first-order valence-corrected chi connectivity index (χ1v) is 15.0. The van der Waals surface area contributed by atoms with Crippen LogP contribution in [0.2, 0.25) is 0 Å². The lowest BCUT2D eigenvalue weighted by Crippen LogP contribution is -2.44. The SMILES string of the molecule is Cc1ccc(S(=O)(=O)OCCCCOc2ccc(N3C(=S)N(c4ccc(C#N)c(C(F)(F)F)c4)C(=O)C3(C)C)cc2)cc1. The number of anilines is 2. The van der Waals surface area contributed by atoms with Crippen LogP contribution in [0.4, 0.5) is 24.5 Å². The number of nitriles is 1. The molecular weight excluding hydrogens is 603 g/mol. The van der Waals surface area contributed by atoms with Gasteiger partial charge in [-0.2, -0.15) is 26.9 Å². The van der Waals surface area contributed by atoms with Gasteiger partial charge in [0.25, 0.3) is 16.0 Å². The summed E-state index contributed by atoms with van der Waals surface area (Å²) in [6.07, 6.45) is -3.81. The second kappa shape index (κ2) is 12.3. The van der Waals surface area contributed by atoms with Gasteiger partial charge in [0.15, 0.2) is 5.11 Å². The van der Waals surface area contributed by atoms with Crippen molar-refractivity contribution in [2.75, 3.05) is 23.0 Å². The van der Waals surface area contributed by atoms with Crippen LogP contribution in [-0.4, -0.2) is 38.2 Å². The van der Waals surface area contributed by atoms with E-state index in [-0.39, 0.29) is 22.3 Å². The van der Waals surface area contributed by atoms with Crippen LogP contribution in [0.3, 0.4) is 0 Å². The minimum atomic E-state index is -4.79. The van der Waals surface area contributed by atoms with Crippen LogP contribution < -0.4 is 14.5 Å². The second-order valence-corrected chi connectivity index (χ2v) is 12.3. The molecule has 0 unspecified atom stereocenters. The number of hydrogen-bond acceptors (Lipinski definition) is 7. The Kier molecular flexibility index (Phi) is 9.15. The summed E-state index contributed by atoms with van der Waals surface area (Å²) in [6.45, 7) is 5.39. The molecule has 43 heavy (non-hydrogen) atoms. The number of aryl methyl sites for hydroxylation is 1. The number of rotatable bonds is 10. The van der Waals surface area contributed by atoms with Gasteiger partial charge in [-0.1, -0.05) is 17.7 Å². The fourth-order valence-electron chi connectivity index (χ4n) is 4.49. The van der Waals surface area contributed by atoms with Gasteiger partial charge in [0, 0.05) is 5.69 Å². The van der Waals surface area contributed by atoms with Gasteiger partial charge >= 0.3 is 6.18 Å². The summed E-state index contributed by atoms with van der Waals surface area (Å²) in [4.78, 5) is 16.1. The molecule has 0 aliphatic carbocycles. The zero-order chi connectivity index (χ0) is 31.6. The summed E-state index contributed by atoms with van der Waals surface area (Å²) in [5, 5.41) is 9.09. The van der Waals surface area contributed by atoms with Crippen molar-refractivity contribution in [2.45, 2.75) is 50.2 Å². The highest BCUT2D eigenvalue weighted by molar-refractivity contribution is 7.86. The maximum atomic E-state index is 13.6. The van der Waals surface area contributed by atoms with Crippen molar-refractivity contribution < 1.29 is 35.3 Å². The molecule has 3 aromatic carbocycles. The zero-order valence-corrected chi connectivity index (χ0v) is 25.1. The van der Waals surface area contributed by atoms with Crippen molar-refractivity contribution >= 4 is 44.7 Å². The monoisotopic (exact) mass is 631 g/mol. The number of carbonyl (C=O) groups is 1.